The van der Waals surface area contributed by atoms with Crippen LogP contribution in [-0.2, 0) is 26.1 Å². The number of aromatic nitrogens is 3. The number of ether oxygens (including phenoxy) is 2. The van der Waals surface area contributed by atoms with Gasteiger partial charge in [-0.15, -0.1) is 4.68 Å². The molecule has 6 nitrogen and oxygen atoms in total. The van der Waals surface area contributed by atoms with Crippen LogP contribution in [0.4, 0.5) is 4.39 Å². The highest BCUT2D eigenvalue weighted by molar-refractivity contribution is 5.96. The smallest absolute Gasteiger partial charge is 0.315 e. The van der Waals surface area contributed by atoms with Crippen molar-refractivity contribution in [2.45, 2.75) is 72.1 Å². The van der Waals surface area contributed by atoms with Crippen LogP contribution >= 0.6 is 0 Å². The van der Waals surface area contributed by atoms with Crippen LogP contribution in [-0.4, -0.2) is 22.7 Å². The second-order valence-electron chi connectivity index (χ2n) is 9.21. The van der Waals surface area contributed by atoms with E-state index in [0.29, 0.717) is 18.3 Å². The van der Waals surface area contributed by atoms with Crippen molar-refractivity contribution in [3.63, 3.8) is 0 Å². The van der Waals surface area contributed by atoms with E-state index in [1.165, 1.54) is 19.2 Å². The molecule has 34 heavy (non-hydrogen) atoms. The molecular weight excluding hydrogens is 433 g/mol. The summed E-state index contributed by atoms with van der Waals surface area (Å²) in [5.41, 5.74) is 2.35. The summed E-state index contributed by atoms with van der Waals surface area (Å²) < 4.78 is 29.7. The van der Waals surface area contributed by atoms with Crippen LogP contribution in [0.1, 0.15) is 72.2 Å². The largest absolute Gasteiger partial charge is 0.497 e. The number of fused-ring (bicyclic) bond motifs is 1. The number of aryl methyl sites for hydroxylation is 1. The maximum absolute atomic E-state index is 14.5. The van der Waals surface area contributed by atoms with E-state index in [4.69, 9.17) is 14.6 Å². The van der Waals surface area contributed by atoms with Gasteiger partial charge >= 0.3 is 5.82 Å². The molecule has 0 atom stereocenters. The topological polar surface area (TPSA) is 57.2 Å². The fourth-order valence-electron chi connectivity index (χ4n) is 4.48. The number of rotatable bonds is 8. The zero-order chi connectivity index (χ0) is 24.2. The standard InChI is InChI=1S/C27H33FN3O3/c1-18(2)21-11-9-19(3)14-25(21)34-17-26-29-31(27-8-6-5-7-13-30(26)27)16-24(32)22-12-10-20(33-4)15-23(22)28/h9-12,14-15,18H,5-8,13,16-17H2,1-4H3/q+1. The van der Waals surface area contributed by atoms with Crippen LogP contribution in [0.25, 0.3) is 0 Å². The molecule has 0 saturated carbocycles. The zero-order valence-electron chi connectivity index (χ0n) is 20.4. The fraction of sp³-hybridized carbons (Fsp3) is 0.444. The Labute approximate surface area is 200 Å². The second kappa shape index (κ2) is 10.4. The number of benzene rings is 2. The highest BCUT2D eigenvalue weighted by Crippen LogP contribution is 2.28. The van der Waals surface area contributed by atoms with Crippen molar-refractivity contribution in [1.82, 2.24) is 9.78 Å². The Kier molecular flexibility index (Phi) is 7.29. The molecule has 180 valence electrons. The molecule has 0 unspecified atom stereocenters. The molecule has 0 bridgehead atoms. The van der Waals surface area contributed by atoms with Gasteiger partial charge in [0.15, 0.2) is 13.2 Å². The van der Waals surface area contributed by atoms with Gasteiger partial charge in [-0.25, -0.2) is 8.96 Å². The highest BCUT2D eigenvalue weighted by Gasteiger charge is 2.29. The maximum Gasteiger partial charge on any atom is 0.315 e. The third-order valence-electron chi connectivity index (χ3n) is 6.36. The summed E-state index contributed by atoms with van der Waals surface area (Å²) >= 11 is 0. The zero-order valence-corrected chi connectivity index (χ0v) is 20.4. The third kappa shape index (κ3) is 5.13. The summed E-state index contributed by atoms with van der Waals surface area (Å²) in [7, 11) is 1.47. The number of methoxy groups -OCH3 is 1. The monoisotopic (exact) mass is 466 g/mol. The second-order valence-corrected chi connectivity index (χ2v) is 9.21. The summed E-state index contributed by atoms with van der Waals surface area (Å²) in [6, 6.07) is 10.6. The average Bonchev–Trinajstić information content (AvgIpc) is 2.97. The van der Waals surface area contributed by atoms with Crippen molar-refractivity contribution in [1.29, 1.82) is 0 Å². The van der Waals surface area contributed by atoms with Gasteiger partial charge in [0.05, 0.1) is 19.2 Å². The molecule has 0 fully saturated rings. The van der Waals surface area contributed by atoms with Crippen molar-refractivity contribution < 1.29 is 23.2 Å². The van der Waals surface area contributed by atoms with Crippen LogP contribution in [0.15, 0.2) is 36.4 Å². The van der Waals surface area contributed by atoms with E-state index in [0.717, 1.165) is 60.8 Å². The van der Waals surface area contributed by atoms with Gasteiger partial charge in [-0.2, -0.15) is 0 Å². The van der Waals surface area contributed by atoms with Crippen molar-refractivity contribution >= 4 is 5.78 Å². The first-order chi connectivity index (χ1) is 16.4. The predicted molar refractivity (Wildman–Crippen MR) is 127 cm³/mol. The lowest BCUT2D eigenvalue weighted by Gasteiger charge is -2.13. The van der Waals surface area contributed by atoms with Gasteiger partial charge in [0.2, 0.25) is 11.6 Å². The normalized spacial score (nSPS) is 13.5. The number of Topliss-reactive ketones (excluding diaryl/α,β-unsaturated/α-hetero) is 1. The molecule has 0 radical (unpaired) electrons. The lowest BCUT2D eigenvalue weighted by atomic mass is 10.0. The van der Waals surface area contributed by atoms with Crippen molar-refractivity contribution in [2.75, 3.05) is 7.11 Å². The van der Waals surface area contributed by atoms with Gasteiger partial charge in [0.25, 0.3) is 0 Å². The molecule has 4 rings (SSSR count). The van der Waals surface area contributed by atoms with Crippen LogP contribution in [0, 0.1) is 12.7 Å². The van der Waals surface area contributed by atoms with E-state index in [1.807, 2.05) is 0 Å². The molecule has 1 aromatic heterocycles. The van der Waals surface area contributed by atoms with Crippen LogP contribution < -0.4 is 14.0 Å². The van der Waals surface area contributed by atoms with E-state index >= 15 is 0 Å². The first kappa shape index (κ1) is 23.9. The van der Waals surface area contributed by atoms with Crippen molar-refractivity contribution in [2.24, 2.45) is 0 Å². The van der Waals surface area contributed by atoms with Crippen LogP contribution in [0.2, 0.25) is 0 Å². The molecule has 7 heteroatoms. The van der Waals surface area contributed by atoms with E-state index in [1.54, 1.807) is 10.7 Å². The van der Waals surface area contributed by atoms with E-state index in [2.05, 4.69) is 43.5 Å². The molecule has 3 aromatic rings. The Morgan fingerprint density at radius 1 is 1.18 bits per heavy atom. The number of carbonyl (C=O) groups excluding carboxylic acids is 1. The fourth-order valence-corrected chi connectivity index (χ4v) is 4.48. The lowest BCUT2D eigenvalue weighted by molar-refractivity contribution is -0.712. The third-order valence-corrected chi connectivity index (χ3v) is 6.36. The minimum Gasteiger partial charge on any atom is -0.497 e. The summed E-state index contributed by atoms with van der Waals surface area (Å²) in [5, 5.41) is 4.76. The maximum atomic E-state index is 14.5. The molecule has 0 amide bonds. The van der Waals surface area contributed by atoms with Gasteiger partial charge in [0.1, 0.15) is 17.3 Å². The molecule has 0 spiro atoms. The number of carbonyl (C=O) groups is 1. The van der Waals surface area contributed by atoms with E-state index in [-0.39, 0.29) is 17.9 Å². The Morgan fingerprint density at radius 2 is 2.00 bits per heavy atom. The van der Waals surface area contributed by atoms with Crippen LogP contribution in [0.3, 0.4) is 0 Å². The number of ketones is 1. The Hall–Kier alpha value is -3.22. The summed E-state index contributed by atoms with van der Waals surface area (Å²) in [6.45, 7) is 7.49. The molecule has 2 heterocycles. The quantitative estimate of drug-likeness (QED) is 0.349. The minimum absolute atomic E-state index is 0.0136. The molecule has 1 aliphatic rings. The molecule has 2 aromatic carbocycles. The Bertz CT molecular complexity index is 1190. The summed E-state index contributed by atoms with van der Waals surface area (Å²) in [6.07, 6.45) is 4.04. The highest BCUT2D eigenvalue weighted by atomic mass is 19.1. The first-order valence-electron chi connectivity index (χ1n) is 12.0. The number of hydrogen-bond donors (Lipinski definition) is 0. The Morgan fingerprint density at radius 3 is 2.74 bits per heavy atom. The Balaban J connectivity index is 1.60. The van der Waals surface area contributed by atoms with Gasteiger partial charge in [0, 0.05) is 17.6 Å². The summed E-state index contributed by atoms with van der Waals surface area (Å²) in [5.74, 6) is 2.47. The van der Waals surface area contributed by atoms with E-state index in [9.17, 15) is 9.18 Å². The SMILES string of the molecule is COc1ccc(C(=O)Cn2nc(COc3cc(C)ccc3C(C)C)[n+]3c2CCCCC3)c(F)c1. The van der Waals surface area contributed by atoms with Gasteiger partial charge in [-0.3, -0.25) is 4.79 Å². The summed E-state index contributed by atoms with van der Waals surface area (Å²) in [4.78, 5) is 13.0. The average molecular weight is 467 g/mol. The van der Waals surface area contributed by atoms with Gasteiger partial charge in [-0.1, -0.05) is 26.0 Å². The molecular formula is C27H33FN3O3+. The number of halogens is 1. The number of hydrogen-bond acceptors (Lipinski definition) is 4. The molecule has 0 aliphatic carbocycles. The molecule has 1 aliphatic heterocycles. The molecule has 0 saturated heterocycles. The minimum atomic E-state index is -0.584. The van der Waals surface area contributed by atoms with Crippen LogP contribution in [0.5, 0.6) is 11.5 Å². The lowest BCUT2D eigenvalue weighted by Crippen LogP contribution is -2.41. The van der Waals surface area contributed by atoms with Crippen molar-refractivity contribution in [3.8, 4) is 11.5 Å². The van der Waals surface area contributed by atoms with Crippen molar-refractivity contribution in [3.05, 3.63) is 70.6 Å². The van der Waals surface area contributed by atoms with Gasteiger partial charge < -0.3 is 9.47 Å². The first-order valence-corrected chi connectivity index (χ1v) is 12.0. The predicted octanol–water partition coefficient (Wildman–Crippen LogP) is 4.94. The van der Waals surface area contributed by atoms with E-state index < -0.39 is 5.82 Å². The number of nitrogens with zero attached hydrogens (tertiary/aromatic N) is 3. The van der Waals surface area contributed by atoms with Gasteiger partial charge in [-0.05, 0) is 61.4 Å². The molecule has 0 N–H and O–H groups in total.